The summed E-state index contributed by atoms with van der Waals surface area (Å²) < 4.78 is 23.4. The van der Waals surface area contributed by atoms with Crippen LogP contribution in [0.1, 0.15) is 110 Å². The van der Waals surface area contributed by atoms with Gasteiger partial charge in [0.2, 0.25) is 17.7 Å². The summed E-state index contributed by atoms with van der Waals surface area (Å²) in [5, 5.41) is 6.15. The lowest BCUT2D eigenvalue weighted by Crippen LogP contribution is -2.60. The number of likely N-dealkylation sites (N-methyl/N-ethyl adjacent to an activating group) is 1. The Morgan fingerprint density at radius 3 is 2.21 bits per heavy atom. The minimum Gasteiger partial charge on any atom is -0.444 e. The lowest BCUT2D eigenvalue weighted by atomic mass is 9.85. The number of fused-ring (bicyclic) bond motifs is 1. The molecular formula is C44H66N4O8. The highest BCUT2D eigenvalue weighted by Crippen LogP contribution is 2.34. The number of rotatable bonds is 19. The molecule has 1 heterocycles. The molecule has 1 aliphatic carbocycles. The number of carbonyl (C=O) groups excluding carboxylic acids is 4. The van der Waals surface area contributed by atoms with E-state index in [4.69, 9.17) is 18.9 Å². The number of benzene rings is 2. The van der Waals surface area contributed by atoms with Gasteiger partial charge in [0.15, 0.2) is 0 Å². The summed E-state index contributed by atoms with van der Waals surface area (Å²) in [6.45, 7) is 16.1. The number of ether oxygens (including phenoxy) is 4. The molecule has 1 fully saturated rings. The molecule has 0 bridgehead atoms. The lowest BCUT2D eigenvalue weighted by Gasteiger charge is -2.37. The second kappa shape index (κ2) is 21.0. The fraction of sp³-hybridized carbons (Fsp3) is 0.636. The average molecular weight is 779 g/mol. The summed E-state index contributed by atoms with van der Waals surface area (Å²) in [6.07, 6.45) is 4.74. The van der Waals surface area contributed by atoms with Crippen molar-refractivity contribution in [2.45, 2.75) is 136 Å². The quantitative estimate of drug-likeness (QED) is 0.158. The number of likely N-dealkylation sites (tertiary alicyclic amines) is 1. The third-order valence-electron chi connectivity index (χ3n) is 10.3. The Balaban J connectivity index is 1.26. The number of nitrogens with one attached hydrogen (secondary N) is 2. The van der Waals surface area contributed by atoms with Gasteiger partial charge in [-0.15, -0.1) is 0 Å². The molecule has 12 heteroatoms. The van der Waals surface area contributed by atoms with Crippen molar-refractivity contribution in [3.05, 3.63) is 71.3 Å². The van der Waals surface area contributed by atoms with Crippen molar-refractivity contribution in [2.75, 3.05) is 40.0 Å². The maximum atomic E-state index is 14.2. The van der Waals surface area contributed by atoms with Crippen LogP contribution in [0.15, 0.2) is 54.6 Å². The molecule has 2 aromatic carbocycles. The van der Waals surface area contributed by atoms with Crippen molar-refractivity contribution in [2.24, 2.45) is 5.41 Å². The molecule has 1 aliphatic heterocycles. The van der Waals surface area contributed by atoms with E-state index in [1.54, 1.807) is 32.6 Å². The van der Waals surface area contributed by atoms with E-state index in [0.29, 0.717) is 52.2 Å². The zero-order valence-electron chi connectivity index (χ0n) is 34.9. The molecule has 12 nitrogen and oxygen atoms in total. The van der Waals surface area contributed by atoms with Crippen molar-refractivity contribution >= 4 is 23.8 Å². The maximum absolute atomic E-state index is 14.2. The van der Waals surface area contributed by atoms with Crippen LogP contribution < -0.4 is 10.6 Å². The first-order chi connectivity index (χ1) is 26.6. The summed E-state index contributed by atoms with van der Waals surface area (Å²) in [5.74, 6) is -1.05. The van der Waals surface area contributed by atoms with Crippen molar-refractivity contribution < 1.29 is 38.1 Å². The fourth-order valence-electron chi connectivity index (χ4n) is 7.03. The fourth-order valence-corrected chi connectivity index (χ4v) is 7.03. The number of hydrogen-bond acceptors (Lipinski definition) is 8. The molecule has 1 saturated heterocycles. The lowest BCUT2D eigenvalue weighted by molar-refractivity contribution is -0.144. The predicted octanol–water partition coefficient (Wildman–Crippen LogP) is 6.36. The molecule has 5 atom stereocenters. The molecule has 0 radical (unpaired) electrons. The van der Waals surface area contributed by atoms with E-state index in [-0.39, 0.29) is 24.0 Å². The van der Waals surface area contributed by atoms with Gasteiger partial charge in [0.05, 0.1) is 18.8 Å². The number of hydrogen-bond donors (Lipinski definition) is 2. The summed E-state index contributed by atoms with van der Waals surface area (Å²) in [5.41, 5.74) is 1.94. The van der Waals surface area contributed by atoms with E-state index in [9.17, 15) is 19.2 Å². The third-order valence-corrected chi connectivity index (χ3v) is 10.3. The maximum Gasteiger partial charge on any atom is 0.410 e. The summed E-state index contributed by atoms with van der Waals surface area (Å²) in [7, 11) is 1.49. The second-order valence-corrected chi connectivity index (χ2v) is 17.1. The highest BCUT2D eigenvalue weighted by Gasteiger charge is 2.44. The Bertz CT molecular complexity index is 1570. The zero-order valence-corrected chi connectivity index (χ0v) is 34.9. The van der Waals surface area contributed by atoms with E-state index < -0.39 is 41.1 Å². The molecule has 56 heavy (non-hydrogen) atoms. The summed E-state index contributed by atoms with van der Waals surface area (Å²) in [6, 6.07) is 15.4. The van der Waals surface area contributed by atoms with Gasteiger partial charge in [0.25, 0.3) is 0 Å². The van der Waals surface area contributed by atoms with Gasteiger partial charge in [-0.2, -0.15) is 0 Å². The van der Waals surface area contributed by atoms with Crippen molar-refractivity contribution in [3.8, 4) is 0 Å². The monoisotopic (exact) mass is 778 g/mol. The number of carbonyl (C=O) groups is 4. The Morgan fingerprint density at radius 1 is 0.857 bits per heavy atom. The van der Waals surface area contributed by atoms with Crippen LogP contribution >= 0.6 is 0 Å². The number of amides is 4. The van der Waals surface area contributed by atoms with Crippen LogP contribution in [0.25, 0.3) is 0 Å². The van der Waals surface area contributed by atoms with E-state index in [2.05, 4.69) is 28.8 Å². The Kier molecular flexibility index (Phi) is 16.7. The standard InChI is InChI=1S/C44H66N4O8/c1-31(47(8)42(52)56-44(5,6)7)39(49)46-38(43(2,3)4)41(51)48-24-17-23-35(48)40(50)45-37-34-22-14-13-21-33(34)29-36(37)55-28-18-27-53-25-15-10-16-26-54-30-32-19-11-9-12-20-32/h9,11-14,19-22,31,35-38H,10,15-18,23-30H2,1-8H3,(H,45,50)(H,46,49)/t31-,35+,36-,37+,38-/m1/s1. The van der Waals surface area contributed by atoms with Crippen LogP contribution in [0.4, 0.5) is 4.79 Å². The molecule has 0 saturated carbocycles. The third kappa shape index (κ3) is 13.3. The van der Waals surface area contributed by atoms with Crippen LogP contribution in [0, 0.1) is 5.41 Å². The Hall–Kier alpha value is -4.00. The SMILES string of the molecule is C[C@H](C(=O)N[C@H](C(=O)N1CCC[C@H]1C(=O)N[C@H]1c2ccccc2C[C@H]1OCCCOCCCCCOCc1ccccc1)C(C)(C)C)N(C)C(=O)OC(C)(C)C. The Morgan fingerprint density at radius 2 is 1.52 bits per heavy atom. The first kappa shape index (κ1) is 44.7. The smallest absolute Gasteiger partial charge is 0.410 e. The predicted molar refractivity (Wildman–Crippen MR) is 216 cm³/mol. The molecule has 0 unspecified atom stereocenters. The minimum atomic E-state index is -0.928. The molecule has 0 aromatic heterocycles. The van der Waals surface area contributed by atoms with Crippen molar-refractivity contribution in [1.29, 1.82) is 0 Å². The van der Waals surface area contributed by atoms with Crippen LogP contribution in [-0.4, -0.2) is 103 Å². The minimum absolute atomic E-state index is 0.239. The van der Waals surface area contributed by atoms with Crippen molar-refractivity contribution in [3.63, 3.8) is 0 Å². The number of unbranched alkanes of at least 4 members (excludes halogenated alkanes) is 2. The van der Waals surface area contributed by atoms with Gasteiger partial charge in [-0.25, -0.2) is 4.79 Å². The zero-order chi connectivity index (χ0) is 40.9. The van der Waals surface area contributed by atoms with Crippen LogP contribution in [-0.2, 0) is 46.4 Å². The summed E-state index contributed by atoms with van der Waals surface area (Å²) in [4.78, 5) is 57.2. The van der Waals surface area contributed by atoms with Crippen molar-refractivity contribution in [1.82, 2.24) is 20.4 Å². The first-order valence-electron chi connectivity index (χ1n) is 20.3. The van der Waals surface area contributed by atoms with Crippen LogP contribution in [0.5, 0.6) is 0 Å². The molecule has 2 N–H and O–H groups in total. The van der Waals surface area contributed by atoms with E-state index in [0.717, 1.165) is 43.4 Å². The van der Waals surface area contributed by atoms with E-state index >= 15 is 0 Å². The van der Waals surface area contributed by atoms with Gasteiger partial charge in [-0.3, -0.25) is 19.3 Å². The van der Waals surface area contributed by atoms with Crippen LogP contribution in [0.3, 0.4) is 0 Å². The molecule has 4 rings (SSSR count). The van der Waals surface area contributed by atoms with Gasteiger partial charge in [0, 0.05) is 46.4 Å². The number of nitrogens with zero attached hydrogens (tertiary/aromatic N) is 2. The molecule has 4 amide bonds. The van der Waals surface area contributed by atoms with Gasteiger partial charge in [0.1, 0.15) is 23.7 Å². The topological polar surface area (TPSA) is 136 Å². The molecule has 310 valence electrons. The van der Waals surface area contributed by atoms with Gasteiger partial charge in [-0.05, 0) is 88.3 Å². The highest BCUT2D eigenvalue weighted by molar-refractivity contribution is 5.94. The van der Waals surface area contributed by atoms with Gasteiger partial charge >= 0.3 is 6.09 Å². The summed E-state index contributed by atoms with van der Waals surface area (Å²) >= 11 is 0. The molecule has 2 aromatic rings. The van der Waals surface area contributed by atoms with E-state index in [1.165, 1.54) is 17.5 Å². The van der Waals surface area contributed by atoms with Gasteiger partial charge in [-0.1, -0.05) is 75.4 Å². The highest BCUT2D eigenvalue weighted by atomic mass is 16.6. The Labute approximate surface area is 334 Å². The normalized spacial score (nSPS) is 19.2. The average Bonchev–Trinajstić information content (AvgIpc) is 3.78. The molecular weight excluding hydrogens is 713 g/mol. The van der Waals surface area contributed by atoms with Crippen LogP contribution in [0.2, 0.25) is 0 Å². The first-order valence-corrected chi connectivity index (χ1v) is 20.3. The second-order valence-electron chi connectivity index (χ2n) is 17.1. The molecule has 2 aliphatic rings. The van der Waals surface area contributed by atoms with E-state index in [1.807, 2.05) is 57.2 Å². The molecule has 0 spiro atoms. The van der Waals surface area contributed by atoms with Gasteiger partial charge < -0.3 is 34.5 Å². The largest absolute Gasteiger partial charge is 0.444 e.